The molecule has 4 aliphatic carbocycles. The summed E-state index contributed by atoms with van der Waals surface area (Å²) < 4.78 is 0. The lowest BCUT2D eigenvalue weighted by Gasteiger charge is -2.57. The molecule has 5 atom stereocenters. The van der Waals surface area contributed by atoms with E-state index in [-0.39, 0.29) is 11.2 Å². The van der Waals surface area contributed by atoms with Crippen LogP contribution in [0.1, 0.15) is 65.2 Å². The van der Waals surface area contributed by atoms with Crippen LogP contribution in [0.4, 0.5) is 0 Å². The van der Waals surface area contributed by atoms with Gasteiger partial charge in [0.1, 0.15) is 0 Å². The van der Waals surface area contributed by atoms with Crippen LogP contribution in [-0.4, -0.2) is 5.78 Å². The molecule has 4 rings (SSSR count). The highest BCUT2D eigenvalue weighted by Gasteiger charge is 2.57. The number of carbonyl (C=O) groups excluding carboxylic acids is 1. The van der Waals surface area contributed by atoms with Gasteiger partial charge in [0.05, 0.1) is 0 Å². The number of carbonyl (C=O) groups is 1. The van der Waals surface area contributed by atoms with Gasteiger partial charge in [-0.3, -0.25) is 4.79 Å². The Morgan fingerprint density at radius 3 is 2.76 bits per heavy atom. The first-order valence-electron chi connectivity index (χ1n) is 8.87. The molecule has 0 radical (unpaired) electrons. The molecule has 21 heavy (non-hydrogen) atoms. The van der Waals surface area contributed by atoms with Crippen molar-refractivity contribution in [2.45, 2.75) is 65.2 Å². The molecule has 114 valence electrons. The number of hydrogen-bond acceptors (Lipinski definition) is 1. The Balaban J connectivity index is 1.74. The molecule has 0 unspecified atom stereocenters. The topological polar surface area (TPSA) is 17.1 Å². The molecule has 1 heteroatoms. The van der Waals surface area contributed by atoms with Crippen LogP contribution in [0.5, 0.6) is 0 Å². The quantitative estimate of drug-likeness (QED) is 0.567. The van der Waals surface area contributed by atoms with Gasteiger partial charge in [0.15, 0.2) is 5.78 Å². The highest BCUT2D eigenvalue weighted by Crippen LogP contribution is 2.65. The second-order valence-electron chi connectivity index (χ2n) is 8.62. The summed E-state index contributed by atoms with van der Waals surface area (Å²) in [5, 5.41) is 0. The van der Waals surface area contributed by atoms with Crippen LogP contribution in [0.15, 0.2) is 23.8 Å². The fourth-order valence-corrected chi connectivity index (χ4v) is 6.57. The summed E-state index contributed by atoms with van der Waals surface area (Å²) in [5.41, 5.74) is 3.36. The normalized spacial score (nSPS) is 49.2. The number of allylic oxidation sites excluding steroid dienone is 2. The zero-order chi connectivity index (χ0) is 14.8. The SMILES string of the molecule is C=C1CC(=O)C=C2CC[C@H]3[C@@H]4CCC[C@@]4(C)CC[C@@H]3[C@@]12C. The minimum Gasteiger partial charge on any atom is -0.295 e. The second kappa shape index (κ2) is 4.33. The average Bonchev–Trinajstić information content (AvgIpc) is 2.82. The van der Waals surface area contributed by atoms with E-state index in [0.717, 1.165) is 24.2 Å². The monoisotopic (exact) mass is 284 g/mol. The lowest BCUT2D eigenvalue weighted by molar-refractivity contribution is -0.115. The summed E-state index contributed by atoms with van der Waals surface area (Å²) in [6, 6.07) is 0. The van der Waals surface area contributed by atoms with E-state index < -0.39 is 0 Å². The van der Waals surface area contributed by atoms with E-state index in [0.29, 0.717) is 11.8 Å². The van der Waals surface area contributed by atoms with Gasteiger partial charge in [0, 0.05) is 11.8 Å². The first-order chi connectivity index (χ1) is 9.95. The Morgan fingerprint density at radius 1 is 1.14 bits per heavy atom. The lowest BCUT2D eigenvalue weighted by atomic mass is 9.47. The Kier molecular flexibility index (Phi) is 2.85. The highest BCUT2D eigenvalue weighted by atomic mass is 16.1. The fraction of sp³-hybridized carbons (Fsp3) is 0.750. The maximum Gasteiger partial charge on any atom is 0.159 e. The summed E-state index contributed by atoms with van der Waals surface area (Å²) in [7, 11) is 0. The van der Waals surface area contributed by atoms with Gasteiger partial charge in [-0.2, -0.15) is 0 Å². The van der Waals surface area contributed by atoms with Crippen molar-refractivity contribution in [3.8, 4) is 0 Å². The van der Waals surface area contributed by atoms with Gasteiger partial charge in [0.2, 0.25) is 0 Å². The van der Waals surface area contributed by atoms with Crippen LogP contribution in [0.2, 0.25) is 0 Å². The van der Waals surface area contributed by atoms with Crippen molar-refractivity contribution in [3.05, 3.63) is 23.8 Å². The molecule has 0 aromatic heterocycles. The maximum absolute atomic E-state index is 11.9. The van der Waals surface area contributed by atoms with Crippen LogP contribution >= 0.6 is 0 Å². The van der Waals surface area contributed by atoms with E-state index in [2.05, 4.69) is 20.4 Å². The first-order valence-corrected chi connectivity index (χ1v) is 8.87. The number of rotatable bonds is 0. The molecule has 3 saturated carbocycles. The average molecular weight is 284 g/mol. The smallest absolute Gasteiger partial charge is 0.159 e. The molecule has 0 heterocycles. The van der Waals surface area contributed by atoms with Crippen LogP contribution in [0.25, 0.3) is 0 Å². The van der Waals surface area contributed by atoms with Gasteiger partial charge in [0.25, 0.3) is 0 Å². The van der Waals surface area contributed by atoms with Crippen molar-refractivity contribution < 1.29 is 4.79 Å². The van der Waals surface area contributed by atoms with Crippen molar-refractivity contribution in [1.29, 1.82) is 0 Å². The Morgan fingerprint density at radius 2 is 1.95 bits per heavy atom. The molecular formula is C20H28O. The van der Waals surface area contributed by atoms with Crippen LogP contribution < -0.4 is 0 Å². The Hall–Kier alpha value is -0.850. The van der Waals surface area contributed by atoms with Crippen molar-refractivity contribution >= 4 is 5.78 Å². The number of ketones is 1. The summed E-state index contributed by atoms with van der Waals surface area (Å²) in [6.07, 6.45) is 12.1. The Bertz CT molecular complexity index is 542. The van der Waals surface area contributed by atoms with Crippen molar-refractivity contribution in [3.63, 3.8) is 0 Å². The third-order valence-corrected chi connectivity index (χ3v) is 7.83. The van der Waals surface area contributed by atoms with E-state index in [4.69, 9.17) is 0 Å². The predicted octanol–water partition coefficient (Wildman–Crippen LogP) is 5.07. The molecule has 0 spiro atoms. The van der Waals surface area contributed by atoms with E-state index in [9.17, 15) is 4.79 Å². The number of hydrogen-bond donors (Lipinski definition) is 0. The zero-order valence-corrected chi connectivity index (χ0v) is 13.6. The highest BCUT2D eigenvalue weighted by molar-refractivity contribution is 5.94. The molecule has 3 fully saturated rings. The van der Waals surface area contributed by atoms with Crippen molar-refractivity contribution in [1.82, 2.24) is 0 Å². The summed E-state index contributed by atoms with van der Waals surface area (Å²) in [6.45, 7) is 9.31. The molecule has 0 aromatic rings. The van der Waals surface area contributed by atoms with Crippen LogP contribution in [0.3, 0.4) is 0 Å². The van der Waals surface area contributed by atoms with Crippen LogP contribution in [-0.2, 0) is 4.79 Å². The summed E-state index contributed by atoms with van der Waals surface area (Å²) in [4.78, 5) is 11.9. The molecule has 0 saturated heterocycles. The molecule has 4 aliphatic rings. The minimum absolute atomic E-state index is 0.126. The molecule has 0 aliphatic heterocycles. The molecule has 0 aromatic carbocycles. The summed E-state index contributed by atoms with van der Waals surface area (Å²) in [5.74, 6) is 2.83. The fourth-order valence-electron chi connectivity index (χ4n) is 6.57. The van der Waals surface area contributed by atoms with Gasteiger partial charge >= 0.3 is 0 Å². The van der Waals surface area contributed by atoms with Crippen molar-refractivity contribution in [2.24, 2.45) is 28.6 Å². The largest absolute Gasteiger partial charge is 0.295 e. The zero-order valence-electron chi connectivity index (χ0n) is 13.6. The van der Waals surface area contributed by atoms with Gasteiger partial charge in [-0.05, 0) is 67.8 Å². The standard InChI is InChI=1S/C20H28O/c1-13-11-15(21)12-14-6-7-16-17-5-4-9-19(17,2)10-8-18(16)20(13,14)3/h12,16-18H,1,4-11H2,2-3H3/t16-,17-,18-,19-,20-/m0/s1. The Labute approximate surface area is 128 Å². The van der Waals surface area contributed by atoms with E-state index in [1.165, 1.54) is 49.7 Å². The van der Waals surface area contributed by atoms with Gasteiger partial charge in [-0.1, -0.05) is 38.0 Å². The van der Waals surface area contributed by atoms with Gasteiger partial charge in [-0.25, -0.2) is 0 Å². The first kappa shape index (κ1) is 13.8. The third-order valence-electron chi connectivity index (χ3n) is 7.83. The summed E-state index contributed by atoms with van der Waals surface area (Å²) >= 11 is 0. The number of fused-ring (bicyclic) bond motifs is 5. The molecule has 0 bridgehead atoms. The molecule has 0 N–H and O–H groups in total. The third kappa shape index (κ3) is 1.72. The van der Waals surface area contributed by atoms with Crippen LogP contribution in [0, 0.1) is 28.6 Å². The second-order valence-corrected chi connectivity index (χ2v) is 8.62. The van der Waals surface area contributed by atoms with Crippen molar-refractivity contribution in [2.75, 3.05) is 0 Å². The van der Waals surface area contributed by atoms with Gasteiger partial charge < -0.3 is 0 Å². The predicted molar refractivity (Wildman–Crippen MR) is 85.9 cm³/mol. The molecule has 1 nitrogen and oxygen atoms in total. The van der Waals surface area contributed by atoms with E-state index in [1.807, 2.05) is 6.08 Å². The maximum atomic E-state index is 11.9. The molecular weight excluding hydrogens is 256 g/mol. The lowest BCUT2D eigenvalue weighted by Crippen LogP contribution is -2.50. The molecule has 0 amide bonds. The minimum atomic E-state index is 0.126. The van der Waals surface area contributed by atoms with Gasteiger partial charge in [-0.15, -0.1) is 0 Å². The van der Waals surface area contributed by atoms with E-state index in [1.54, 1.807) is 0 Å². The van der Waals surface area contributed by atoms with E-state index >= 15 is 0 Å².